The summed E-state index contributed by atoms with van der Waals surface area (Å²) in [6, 6.07) is 16.9. The molecule has 1 aromatic heterocycles. The van der Waals surface area contributed by atoms with Crippen molar-refractivity contribution in [2.24, 2.45) is 0 Å². The van der Waals surface area contributed by atoms with Crippen LogP contribution in [0.5, 0.6) is 0 Å². The molecule has 3 aromatic rings. The third kappa shape index (κ3) is 2.89. The summed E-state index contributed by atoms with van der Waals surface area (Å²) in [5, 5.41) is 0. The quantitative estimate of drug-likeness (QED) is 0.539. The van der Waals surface area contributed by atoms with Crippen molar-refractivity contribution >= 4 is 21.8 Å². The zero-order valence-corrected chi connectivity index (χ0v) is 17.8. The van der Waals surface area contributed by atoms with Gasteiger partial charge in [-0.2, -0.15) is 0 Å². The SMILES string of the molecule is CCN(CC)C(=O)CCC1(c2ccc(Br)cc2)c2ccccc2-c2nccn21. The summed E-state index contributed by atoms with van der Waals surface area (Å²) >= 11 is 3.55. The number of halogens is 1. The Morgan fingerprint density at radius 1 is 1.11 bits per heavy atom. The fourth-order valence-corrected chi connectivity index (χ4v) is 4.69. The Hall–Kier alpha value is -2.40. The summed E-state index contributed by atoms with van der Waals surface area (Å²) in [7, 11) is 0. The number of hydrogen-bond acceptors (Lipinski definition) is 2. The van der Waals surface area contributed by atoms with Crippen molar-refractivity contribution in [2.45, 2.75) is 32.2 Å². The fourth-order valence-electron chi connectivity index (χ4n) is 4.42. The second-order valence-corrected chi connectivity index (χ2v) is 8.02. The van der Waals surface area contributed by atoms with Gasteiger partial charge in [-0.1, -0.05) is 52.3 Å². The Bertz CT molecular complexity index is 991. The molecule has 1 aliphatic rings. The third-order valence-corrected chi connectivity index (χ3v) is 6.33. The molecule has 2 aromatic carbocycles. The van der Waals surface area contributed by atoms with E-state index in [1.807, 2.05) is 31.1 Å². The van der Waals surface area contributed by atoms with E-state index in [0.717, 1.165) is 29.0 Å². The monoisotopic (exact) mass is 437 g/mol. The first kappa shape index (κ1) is 18.9. The minimum atomic E-state index is -0.425. The van der Waals surface area contributed by atoms with Crippen LogP contribution < -0.4 is 0 Å². The van der Waals surface area contributed by atoms with Crippen molar-refractivity contribution in [1.82, 2.24) is 14.5 Å². The molecular formula is C23H24BrN3O. The smallest absolute Gasteiger partial charge is 0.222 e. The van der Waals surface area contributed by atoms with Crippen LogP contribution in [0.4, 0.5) is 0 Å². The number of imidazole rings is 1. The van der Waals surface area contributed by atoms with Crippen molar-refractivity contribution in [3.8, 4) is 11.4 Å². The largest absolute Gasteiger partial charge is 0.343 e. The number of carbonyl (C=O) groups excluding carboxylic acids is 1. The molecule has 0 spiro atoms. The number of hydrogen-bond donors (Lipinski definition) is 0. The first-order valence-corrected chi connectivity index (χ1v) is 10.6. The predicted molar refractivity (Wildman–Crippen MR) is 115 cm³/mol. The average Bonchev–Trinajstić information content (AvgIpc) is 3.29. The maximum Gasteiger partial charge on any atom is 0.222 e. The molecule has 0 saturated heterocycles. The molecule has 4 nitrogen and oxygen atoms in total. The molecule has 0 aliphatic carbocycles. The highest BCUT2D eigenvalue weighted by Crippen LogP contribution is 2.49. The predicted octanol–water partition coefficient (Wildman–Crippen LogP) is 5.07. The molecule has 1 atom stereocenters. The van der Waals surface area contributed by atoms with Gasteiger partial charge in [0.15, 0.2) is 0 Å². The molecule has 144 valence electrons. The molecule has 5 heteroatoms. The zero-order valence-electron chi connectivity index (χ0n) is 16.2. The standard InChI is InChI=1S/C23H24BrN3O/c1-3-26(4-2)21(28)13-14-23(17-9-11-18(24)12-10-17)20-8-6-5-7-19(20)22-25-15-16-27(22)23/h5-12,15-16H,3-4,13-14H2,1-2H3. The topological polar surface area (TPSA) is 38.1 Å². The Balaban J connectivity index is 1.85. The molecule has 1 amide bonds. The molecule has 4 rings (SSSR count). The summed E-state index contributed by atoms with van der Waals surface area (Å²) < 4.78 is 3.29. The molecule has 0 radical (unpaired) electrons. The molecule has 0 fully saturated rings. The minimum absolute atomic E-state index is 0.201. The van der Waals surface area contributed by atoms with Gasteiger partial charge in [0.25, 0.3) is 0 Å². The second kappa shape index (κ2) is 7.55. The van der Waals surface area contributed by atoms with Gasteiger partial charge in [0, 0.05) is 41.9 Å². The van der Waals surface area contributed by atoms with E-state index >= 15 is 0 Å². The van der Waals surface area contributed by atoms with Crippen LogP contribution >= 0.6 is 15.9 Å². The molecule has 2 heterocycles. The number of rotatable bonds is 6. The van der Waals surface area contributed by atoms with Gasteiger partial charge in [-0.25, -0.2) is 4.98 Å². The number of aromatic nitrogens is 2. The van der Waals surface area contributed by atoms with Crippen LogP contribution in [0.3, 0.4) is 0 Å². The Kier molecular flexibility index (Phi) is 5.11. The minimum Gasteiger partial charge on any atom is -0.343 e. The second-order valence-electron chi connectivity index (χ2n) is 7.10. The van der Waals surface area contributed by atoms with Crippen LogP contribution in [0.15, 0.2) is 65.4 Å². The summed E-state index contributed by atoms with van der Waals surface area (Å²) in [6.45, 7) is 5.55. The molecule has 0 bridgehead atoms. The van der Waals surface area contributed by atoms with Crippen LogP contribution in [0, 0.1) is 0 Å². The number of fused-ring (bicyclic) bond motifs is 3. The molecule has 1 unspecified atom stereocenters. The van der Waals surface area contributed by atoms with Gasteiger partial charge >= 0.3 is 0 Å². The number of nitrogens with zero attached hydrogens (tertiary/aromatic N) is 3. The maximum absolute atomic E-state index is 12.8. The highest BCUT2D eigenvalue weighted by Gasteiger charge is 2.44. The van der Waals surface area contributed by atoms with E-state index in [2.05, 4.69) is 74.0 Å². The molecule has 28 heavy (non-hydrogen) atoms. The summed E-state index contributed by atoms with van der Waals surface area (Å²) in [6.07, 6.45) is 5.08. The van der Waals surface area contributed by atoms with E-state index in [-0.39, 0.29) is 5.91 Å². The van der Waals surface area contributed by atoms with Crippen molar-refractivity contribution in [2.75, 3.05) is 13.1 Å². The van der Waals surface area contributed by atoms with Crippen LogP contribution in [0.25, 0.3) is 11.4 Å². The van der Waals surface area contributed by atoms with Crippen LogP contribution in [-0.4, -0.2) is 33.4 Å². The molecule has 0 saturated carbocycles. The highest BCUT2D eigenvalue weighted by atomic mass is 79.9. The Morgan fingerprint density at radius 3 is 2.54 bits per heavy atom. The normalized spacial score (nSPS) is 17.2. The van der Waals surface area contributed by atoms with Crippen molar-refractivity contribution in [3.05, 3.63) is 76.5 Å². The van der Waals surface area contributed by atoms with E-state index in [1.54, 1.807) is 0 Å². The number of amides is 1. The Labute approximate surface area is 174 Å². The number of carbonyl (C=O) groups is 1. The van der Waals surface area contributed by atoms with E-state index in [4.69, 9.17) is 0 Å². The molecular weight excluding hydrogens is 414 g/mol. The van der Waals surface area contributed by atoms with Gasteiger partial charge in [-0.15, -0.1) is 0 Å². The van der Waals surface area contributed by atoms with Crippen LogP contribution in [-0.2, 0) is 10.3 Å². The lowest BCUT2D eigenvalue weighted by atomic mass is 9.79. The van der Waals surface area contributed by atoms with Crippen LogP contribution in [0.1, 0.15) is 37.8 Å². The highest BCUT2D eigenvalue weighted by molar-refractivity contribution is 9.10. The summed E-state index contributed by atoms with van der Waals surface area (Å²) in [4.78, 5) is 19.4. The molecule has 0 N–H and O–H groups in total. The van der Waals surface area contributed by atoms with E-state index in [1.165, 1.54) is 11.1 Å². The van der Waals surface area contributed by atoms with Gasteiger partial charge in [-0.3, -0.25) is 4.79 Å². The fraction of sp³-hybridized carbons (Fsp3) is 0.304. The van der Waals surface area contributed by atoms with Gasteiger partial charge in [-0.05, 0) is 43.5 Å². The zero-order chi connectivity index (χ0) is 19.7. The Morgan fingerprint density at radius 2 is 1.82 bits per heavy atom. The summed E-state index contributed by atoms with van der Waals surface area (Å²) in [5.74, 6) is 1.17. The summed E-state index contributed by atoms with van der Waals surface area (Å²) in [5.41, 5.74) is 3.11. The lowest BCUT2D eigenvalue weighted by Crippen LogP contribution is -2.36. The van der Waals surface area contributed by atoms with Crippen LogP contribution in [0.2, 0.25) is 0 Å². The van der Waals surface area contributed by atoms with Crippen molar-refractivity contribution in [1.29, 1.82) is 0 Å². The first-order valence-electron chi connectivity index (χ1n) is 9.79. The average molecular weight is 438 g/mol. The van der Waals surface area contributed by atoms with Crippen molar-refractivity contribution < 1.29 is 4.79 Å². The maximum atomic E-state index is 12.8. The van der Waals surface area contributed by atoms with Gasteiger partial charge in [0.05, 0.1) is 5.54 Å². The molecule has 1 aliphatic heterocycles. The lowest BCUT2D eigenvalue weighted by Gasteiger charge is -2.34. The van der Waals surface area contributed by atoms with E-state index < -0.39 is 5.54 Å². The number of benzene rings is 2. The van der Waals surface area contributed by atoms with Gasteiger partial charge < -0.3 is 9.47 Å². The van der Waals surface area contributed by atoms with E-state index in [0.29, 0.717) is 12.8 Å². The van der Waals surface area contributed by atoms with Crippen molar-refractivity contribution in [3.63, 3.8) is 0 Å². The third-order valence-electron chi connectivity index (χ3n) is 5.80. The van der Waals surface area contributed by atoms with Gasteiger partial charge in [0.1, 0.15) is 5.82 Å². The lowest BCUT2D eigenvalue weighted by molar-refractivity contribution is -0.131. The van der Waals surface area contributed by atoms with E-state index in [9.17, 15) is 4.79 Å². The first-order chi connectivity index (χ1) is 13.6. The van der Waals surface area contributed by atoms with Gasteiger partial charge in [0.2, 0.25) is 5.91 Å².